The molecule has 0 bridgehead atoms. The van der Waals surface area contributed by atoms with Crippen molar-refractivity contribution in [3.05, 3.63) is 35.4 Å². The normalized spacial score (nSPS) is 20.1. The van der Waals surface area contributed by atoms with Crippen molar-refractivity contribution in [2.45, 2.75) is 37.3 Å². The molecule has 3 rings (SSSR count). The van der Waals surface area contributed by atoms with Crippen molar-refractivity contribution in [3.8, 4) is 0 Å². The van der Waals surface area contributed by atoms with Crippen LogP contribution in [0.5, 0.6) is 0 Å². The van der Waals surface area contributed by atoms with E-state index in [2.05, 4.69) is 10.6 Å². The Morgan fingerprint density at radius 2 is 1.92 bits per heavy atom. The zero-order valence-electron chi connectivity index (χ0n) is 13.3. The minimum absolute atomic E-state index is 0. The summed E-state index contributed by atoms with van der Waals surface area (Å²) in [6.45, 7) is 2.12. The smallest absolute Gasteiger partial charge is 0.355 e. The van der Waals surface area contributed by atoms with Gasteiger partial charge in [0.25, 0.3) is 0 Å². The monoisotopic (exact) mass is 362 g/mol. The lowest BCUT2D eigenvalue weighted by Crippen LogP contribution is -2.41. The van der Waals surface area contributed by atoms with Crippen LogP contribution in [-0.4, -0.2) is 25.5 Å². The summed E-state index contributed by atoms with van der Waals surface area (Å²) < 4.78 is 38.6. The minimum Gasteiger partial charge on any atom is -0.355 e. The summed E-state index contributed by atoms with van der Waals surface area (Å²) in [4.78, 5) is 12.2. The fourth-order valence-electron chi connectivity index (χ4n) is 3.23. The van der Waals surface area contributed by atoms with E-state index in [1.807, 2.05) is 0 Å². The molecule has 1 saturated heterocycles. The lowest BCUT2D eigenvalue weighted by molar-refractivity contribution is -0.137. The molecule has 7 heteroatoms. The Kier molecular flexibility index (Phi) is 5.81. The van der Waals surface area contributed by atoms with E-state index in [0.717, 1.165) is 44.8 Å². The first kappa shape index (κ1) is 19.1. The number of amides is 1. The van der Waals surface area contributed by atoms with Crippen LogP contribution in [0.1, 0.15) is 36.8 Å². The first-order valence-electron chi connectivity index (χ1n) is 8.07. The lowest BCUT2D eigenvalue weighted by atomic mass is 9.93. The maximum absolute atomic E-state index is 12.9. The molecule has 3 nitrogen and oxygen atoms in total. The zero-order valence-corrected chi connectivity index (χ0v) is 14.1. The molecule has 2 N–H and O–H groups in total. The van der Waals surface area contributed by atoms with Gasteiger partial charge in [0.05, 0.1) is 5.56 Å². The third kappa shape index (κ3) is 4.22. The van der Waals surface area contributed by atoms with Gasteiger partial charge < -0.3 is 10.6 Å². The molecule has 0 aromatic heterocycles. The minimum atomic E-state index is -4.33. The molecule has 1 saturated carbocycles. The number of carbonyl (C=O) groups is 1. The van der Waals surface area contributed by atoms with Crippen LogP contribution in [0.3, 0.4) is 0 Å². The van der Waals surface area contributed by atoms with Crippen molar-refractivity contribution < 1.29 is 18.0 Å². The van der Waals surface area contributed by atoms with Crippen LogP contribution in [0.15, 0.2) is 24.3 Å². The molecular weight excluding hydrogens is 341 g/mol. The highest BCUT2D eigenvalue weighted by Gasteiger charge is 2.45. The van der Waals surface area contributed by atoms with Gasteiger partial charge in [-0.25, -0.2) is 0 Å². The molecular formula is C17H22ClF3N2O. The van der Waals surface area contributed by atoms with Gasteiger partial charge in [-0.2, -0.15) is 13.2 Å². The summed E-state index contributed by atoms with van der Waals surface area (Å²) >= 11 is 0. The Labute approximate surface area is 145 Å². The van der Waals surface area contributed by atoms with Crippen LogP contribution in [0, 0.1) is 5.92 Å². The van der Waals surface area contributed by atoms with E-state index in [4.69, 9.17) is 0 Å². The van der Waals surface area contributed by atoms with Crippen molar-refractivity contribution in [1.29, 1.82) is 0 Å². The Morgan fingerprint density at radius 3 is 2.50 bits per heavy atom. The number of piperidine rings is 1. The van der Waals surface area contributed by atoms with E-state index in [1.165, 1.54) is 12.1 Å². The van der Waals surface area contributed by atoms with Gasteiger partial charge in [0.15, 0.2) is 0 Å². The van der Waals surface area contributed by atoms with E-state index >= 15 is 0 Å². The van der Waals surface area contributed by atoms with E-state index in [1.54, 1.807) is 6.07 Å². The van der Waals surface area contributed by atoms with Gasteiger partial charge in [0.1, 0.15) is 0 Å². The van der Waals surface area contributed by atoms with E-state index < -0.39 is 11.7 Å². The molecule has 1 amide bonds. The molecule has 24 heavy (non-hydrogen) atoms. The van der Waals surface area contributed by atoms with E-state index in [0.29, 0.717) is 12.1 Å². The summed E-state index contributed by atoms with van der Waals surface area (Å²) in [7, 11) is 0. The van der Waals surface area contributed by atoms with Crippen molar-refractivity contribution >= 4 is 18.3 Å². The summed E-state index contributed by atoms with van der Waals surface area (Å²) in [5.74, 6) is 0.0540. The van der Waals surface area contributed by atoms with Crippen LogP contribution < -0.4 is 10.6 Å². The zero-order chi connectivity index (χ0) is 16.5. The number of nitrogens with one attached hydrogen (secondary N) is 2. The molecule has 0 atom stereocenters. The number of hydrogen-bond donors (Lipinski definition) is 2. The standard InChI is InChI=1S/C17H21F3N2O.ClH/c18-17(19,20)14-3-1-2-13(10-14)16(6-7-16)11-22-15(23)12-4-8-21-9-5-12;/h1-3,10,12,21H,4-9,11H2,(H,22,23);1H. The van der Waals surface area contributed by atoms with Gasteiger partial charge >= 0.3 is 6.18 Å². The molecule has 0 unspecified atom stereocenters. The first-order chi connectivity index (χ1) is 10.9. The highest BCUT2D eigenvalue weighted by Crippen LogP contribution is 2.48. The molecule has 1 aromatic rings. The van der Waals surface area contributed by atoms with Crippen LogP contribution >= 0.6 is 12.4 Å². The number of halogens is 4. The van der Waals surface area contributed by atoms with Gasteiger partial charge in [-0.1, -0.05) is 18.2 Å². The van der Waals surface area contributed by atoms with Crippen molar-refractivity contribution in [1.82, 2.24) is 10.6 Å². The average molecular weight is 363 g/mol. The highest BCUT2D eigenvalue weighted by atomic mass is 35.5. The van der Waals surface area contributed by atoms with Crippen LogP contribution in [-0.2, 0) is 16.4 Å². The highest BCUT2D eigenvalue weighted by molar-refractivity contribution is 5.85. The van der Waals surface area contributed by atoms with Crippen molar-refractivity contribution in [3.63, 3.8) is 0 Å². The maximum Gasteiger partial charge on any atom is 0.416 e. The molecule has 0 radical (unpaired) electrons. The molecule has 134 valence electrons. The quantitative estimate of drug-likeness (QED) is 0.863. The average Bonchev–Trinajstić information content (AvgIpc) is 3.34. The summed E-state index contributed by atoms with van der Waals surface area (Å²) in [5, 5.41) is 6.18. The Balaban J connectivity index is 0.00000208. The molecule has 1 aliphatic carbocycles. The van der Waals surface area contributed by atoms with E-state index in [9.17, 15) is 18.0 Å². The van der Waals surface area contributed by atoms with E-state index in [-0.39, 0.29) is 29.6 Å². The third-order valence-corrected chi connectivity index (χ3v) is 4.97. The second-order valence-electron chi connectivity index (χ2n) is 6.60. The number of benzene rings is 1. The van der Waals surface area contributed by atoms with Crippen LogP contribution in [0.2, 0.25) is 0 Å². The predicted octanol–water partition coefficient (Wildman–Crippen LogP) is 3.27. The predicted molar refractivity (Wildman–Crippen MR) is 88.2 cm³/mol. The van der Waals surface area contributed by atoms with Crippen molar-refractivity contribution in [2.24, 2.45) is 5.92 Å². The Morgan fingerprint density at radius 1 is 1.25 bits per heavy atom. The Bertz CT molecular complexity index is 581. The number of hydrogen-bond acceptors (Lipinski definition) is 2. The number of alkyl halides is 3. The molecule has 2 aliphatic rings. The maximum atomic E-state index is 12.9. The lowest BCUT2D eigenvalue weighted by Gasteiger charge is -2.24. The second-order valence-corrected chi connectivity index (χ2v) is 6.60. The fraction of sp³-hybridized carbons (Fsp3) is 0.588. The largest absolute Gasteiger partial charge is 0.416 e. The van der Waals surface area contributed by atoms with Crippen LogP contribution in [0.4, 0.5) is 13.2 Å². The number of rotatable bonds is 4. The first-order valence-corrected chi connectivity index (χ1v) is 8.07. The van der Waals surface area contributed by atoms with Gasteiger partial charge in [-0.05, 0) is 50.4 Å². The topological polar surface area (TPSA) is 41.1 Å². The SMILES string of the molecule is Cl.O=C(NCC1(c2cccc(C(F)(F)F)c2)CC1)C1CCNCC1. The summed E-state index contributed by atoms with van der Waals surface area (Å²) in [6, 6.07) is 5.50. The molecule has 1 aromatic carbocycles. The summed E-state index contributed by atoms with van der Waals surface area (Å²) in [5.41, 5.74) is -0.256. The van der Waals surface area contributed by atoms with Gasteiger partial charge in [0, 0.05) is 17.9 Å². The summed E-state index contributed by atoms with van der Waals surface area (Å²) in [6.07, 6.45) is -1.04. The molecule has 2 fully saturated rings. The fourth-order valence-corrected chi connectivity index (χ4v) is 3.23. The van der Waals surface area contributed by atoms with Gasteiger partial charge in [0.2, 0.25) is 5.91 Å². The van der Waals surface area contributed by atoms with Gasteiger partial charge in [-0.15, -0.1) is 12.4 Å². The van der Waals surface area contributed by atoms with Crippen molar-refractivity contribution in [2.75, 3.05) is 19.6 Å². The second kappa shape index (κ2) is 7.31. The van der Waals surface area contributed by atoms with Gasteiger partial charge in [-0.3, -0.25) is 4.79 Å². The third-order valence-electron chi connectivity index (χ3n) is 4.97. The number of carbonyl (C=O) groups excluding carboxylic acids is 1. The van der Waals surface area contributed by atoms with Crippen LogP contribution in [0.25, 0.3) is 0 Å². The molecule has 0 spiro atoms. The Hall–Kier alpha value is -1.27. The molecule has 1 heterocycles. The molecule has 1 aliphatic heterocycles.